The van der Waals surface area contributed by atoms with Crippen LogP contribution in [0.25, 0.3) is 11.0 Å². The highest BCUT2D eigenvalue weighted by molar-refractivity contribution is 5.81. The number of likely N-dealkylation sites (N-methyl/N-ethyl adjacent to an activating group) is 1. The van der Waals surface area contributed by atoms with E-state index in [4.69, 9.17) is 0 Å². The fraction of sp³-hybridized carbons (Fsp3) is 0.429. The molecule has 1 aliphatic heterocycles. The minimum Gasteiger partial charge on any atom is -0.346 e. The van der Waals surface area contributed by atoms with E-state index in [9.17, 15) is 4.79 Å². The summed E-state index contributed by atoms with van der Waals surface area (Å²) in [5.41, 5.74) is 2.17. The third-order valence-electron chi connectivity index (χ3n) is 4.35. The molecule has 0 unspecified atom stereocenters. The number of amides is 1. The van der Waals surface area contributed by atoms with Crippen LogP contribution in [0.3, 0.4) is 0 Å². The zero-order valence-corrected chi connectivity index (χ0v) is 10.8. The van der Waals surface area contributed by atoms with Crippen molar-refractivity contribution in [2.45, 2.75) is 25.0 Å². The number of piperazine rings is 1. The Kier molecular flexibility index (Phi) is 2.20. The molecular weight excluding hydrogens is 240 g/mol. The number of aromatic amines is 1. The van der Waals surface area contributed by atoms with Crippen LogP contribution in [0.5, 0.6) is 0 Å². The Hall–Kier alpha value is -1.88. The average Bonchev–Trinajstić information content (AvgIpc) is 3.06. The van der Waals surface area contributed by atoms with E-state index in [1.807, 2.05) is 24.3 Å². The summed E-state index contributed by atoms with van der Waals surface area (Å²) in [6, 6.07) is 5.09. The molecule has 5 heteroatoms. The lowest BCUT2D eigenvalue weighted by Crippen LogP contribution is -2.48. The molecular formula is C14H16N4O. The van der Waals surface area contributed by atoms with E-state index in [0.717, 1.165) is 24.0 Å². The summed E-state index contributed by atoms with van der Waals surface area (Å²) in [5, 5.41) is 1.16. The molecule has 3 heterocycles. The first-order valence-corrected chi connectivity index (χ1v) is 6.65. The van der Waals surface area contributed by atoms with Crippen LogP contribution in [-0.4, -0.2) is 51.4 Å². The molecule has 2 fully saturated rings. The van der Waals surface area contributed by atoms with E-state index >= 15 is 0 Å². The fourth-order valence-corrected chi connectivity index (χ4v) is 3.11. The molecule has 19 heavy (non-hydrogen) atoms. The van der Waals surface area contributed by atoms with E-state index in [-0.39, 0.29) is 5.91 Å². The number of hydrogen-bond acceptors (Lipinski definition) is 3. The summed E-state index contributed by atoms with van der Waals surface area (Å²) < 4.78 is 0. The molecule has 1 N–H and O–H groups in total. The second kappa shape index (κ2) is 3.81. The number of carbonyl (C=O) groups excluding carboxylic acids is 1. The monoisotopic (exact) mass is 256 g/mol. The maximum absolute atomic E-state index is 11.9. The van der Waals surface area contributed by atoms with Gasteiger partial charge >= 0.3 is 0 Å². The Bertz CT molecular complexity index is 650. The van der Waals surface area contributed by atoms with E-state index in [1.54, 1.807) is 0 Å². The summed E-state index contributed by atoms with van der Waals surface area (Å²) in [5.74, 6) is 0.234. The zero-order chi connectivity index (χ0) is 13.0. The van der Waals surface area contributed by atoms with Crippen molar-refractivity contribution in [3.8, 4) is 0 Å². The number of hydrogen-bond donors (Lipinski definition) is 1. The lowest BCUT2D eigenvalue weighted by atomic mass is 10.1. The van der Waals surface area contributed by atoms with Crippen LogP contribution in [0.15, 0.2) is 24.5 Å². The first kappa shape index (κ1) is 11.0. The van der Waals surface area contributed by atoms with Gasteiger partial charge in [0.15, 0.2) is 0 Å². The largest absolute Gasteiger partial charge is 0.346 e. The van der Waals surface area contributed by atoms with Gasteiger partial charge in [-0.1, -0.05) is 0 Å². The number of fused-ring (bicyclic) bond motifs is 2. The van der Waals surface area contributed by atoms with Crippen molar-refractivity contribution in [3.05, 3.63) is 30.1 Å². The van der Waals surface area contributed by atoms with Crippen molar-refractivity contribution < 1.29 is 4.79 Å². The van der Waals surface area contributed by atoms with Crippen molar-refractivity contribution in [3.63, 3.8) is 0 Å². The number of nitrogens with one attached hydrogen (secondary N) is 1. The van der Waals surface area contributed by atoms with Gasteiger partial charge in [-0.05, 0) is 24.1 Å². The van der Waals surface area contributed by atoms with Gasteiger partial charge in [-0.15, -0.1) is 0 Å². The first-order valence-electron chi connectivity index (χ1n) is 6.65. The van der Waals surface area contributed by atoms with E-state index in [2.05, 4.69) is 27.0 Å². The number of nitrogens with zero attached hydrogens (tertiary/aromatic N) is 3. The molecule has 2 aromatic heterocycles. The van der Waals surface area contributed by atoms with E-state index in [0.29, 0.717) is 18.6 Å². The molecule has 98 valence electrons. The predicted octanol–water partition coefficient (Wildman–Crippen LogP) is 0.978. The van der Waals surface area contributed by atoms with Crippen LogP contribution < -0.4 is 0 Å². The number of rotatable bonds is 2. The topological polar surface area (TPSA) is 52.2 Å². The molecule has 2 atom stereocenters. The number of carbonyl (C=O) groups is 1. The highest BCUT2D eigenvalue weighted by Crippen LogP contribution is 2.37. The van der Waals surface area contributed by atoms with Crippen LogP contribution in [-0.2, 0) is 11.3 Å². The zero-order valence-electron chi connectivity index (χ0n) is 10.8. The van der Waals surface area contributed by atoms with Gasteiger partial charge in [0, 0.05) is 43.5 Å². The smallest absolute Gasteiger partial charge is 0.236 e. The standard InChI is InChI=1S/C14H16N4O/c1-17-11-6-12(11)18(8-13(17)19)7-9-2-4-15-14-10(9)3-5-16-14/h2-5,11-12H,6-8H2,1H3,(H,15,16)/t11-,12+/m1/s1. The lowest BCUT2D eigenvalue weighted by Gasteiger charge is -2.31. The molecule has 5 nitrogen and oxygen atoms in total. The predicted molar refractivity (Wildman–Crippen MR) is 71.5 cm³/mol. The highest BCUT2D eigenvalue weighted by atomic mass is 16.2. The summed E-state index contributed by atoms with van der Waals surface area (Å²) in [7, 11) is 1.92. The molecule has 4 rings (SSSR count). The molecule has 1 amide bonds. The first-order chi connectivity index (χ1) is 9.24. The van der Waals surface area contributed by atoms with Gasteiger partial charge in [-0.25, -0.2) is 4.98 Å². The molecule has 0 radical (unpaired) electrons. The highest BCUT2D eigenvalue weighted by Gasteiger charge is 2.50. The Labute approximate surface area is 111 Å². The van der Waals surface area contributed by atoms with Crippen molar-refractivity contribution in [2.75, 3.05) is 13.6 Å². The second-order valence-electron chi connectivity index (χ2n) is 5.49. The third-order valence-corrected chi connectivity index (χ3v) is 4.35. The van der Waals surface area contributed by atoms with Gasteiger partial charge in [-0.3, -0.25) is 9.69 Å². The van der Waals surface area contributed by atoms with Gasteiger partial charge in [0.25, 0.3) is 0 Å². The Morgan fingerprint density at radius 2 is 2.32 bits per heavy atom. The van der Waals surface area contributed by atoms with Gasteiger partial charge in [-0.2, -0.15) is 0 Å². The lowest BCUT2D eigenvalue weighted by molar-refractivity contribution is -0.134. The molecule has 1 saturated carbocycles. The Morgan fingerprint density at radius 1 is 1.42 bits per heavy atom. The van der Waals surface area contributed by atoms with E-state index < -0.39 is 0 Å². The summed E-state index contributed by atoms with van der Waals surface area (Å²) >= 11 is 0. The van der Waals surface area contributed by atoms with Crippen molar-refractivity contribution in [1.82, 2.24) is 19.8 Å². The molecule has 0 bridgehead atoms. The minimum atomic E-state index is 0.234. The van der Waals surface area contributed by atoms with Crippen molar-refractivity contribution in [1.29, 1.82) is 0 Å². The molecule has 2 aromatic rings. The Balaban J connectivity index is 1.62. The van der Waals surface area contributed by atoms with Gasteiger partial charge < -0.3 is 9.88 Å². The van der Waals surface area contributed by atoms with Gasteiger partial charge in [0.05, 0.1) is 6.54 Å². The quantitative estimate of drug-likeness (QED) is 0.871. The normalized spacial score (nSPS) is 26.8. The van der Waals surface area contributed by atoms with E-state index in [1.165, 1.54) is 5.56 Å². The fourth-order valence-electron chi connectivity index (χ4n) is 3.11. The second-order valence-corrected chi connectivity index (χ2v) is 5.49. The molecule has 1 saturated heterocycles. The maximum atomic E-state index is 11.9. The number of H-pyrrole nitrogens is 1. The summed E-state index contributed by atoms with van der Waals surface area (Å²) in [4.78, 5) is 23.5. The summed E-state index contributed by atoms with van der Waals surface area (Å²) in [6.45, 7) is 1.36. The molecule has 0 aromatic carbocycles. The molecule has 0 spiro atoms. The van der Waals surface area contributed by atoms with Gasteiger partial charge in [0.2, 0.25) is 5.91 Å². The molecule has 2 aliphatic rings. The van der Waals surface area contributed by atoms with Crippen LogP contribution in [0.1, 0.15) is 12.0 Å². The van der Waals surface area contributed by atoms with Crippen LogP contribution in [0.4, 0.5) is 0 Å². The van der Waals surface area contributed by atoms with Gasteiger partial charge in [0.1, 0.15) is 5.65 Å². The van der Waals surface area contributed by atoms with Crippen molar-refractivity contribution >= 4 is 16.9 Å². The summed E-state index contributed by atoms with van der Waals surface area (Å²) in [6.07, 6.45) is 4.86. The number of pyridine rings is 1. The molecule has 1 aliphatic carbocycles. The maximum Gasteiger partial charge on any atom is 0.236 e. The van der Waals surface area contributed by atoms with Crippen LogP contribution >= 0.6 is 0 Å². The van der Waals surface area contributed by atoms with Crippen LogP contribution in [0.2, 0.25) is 0 Å². The average molecular weight is 256 g/mol. The van der Waals surface area contributed by atoms with Crippen molar-refractivity contribution in [2.24, 2.45) is 0 Å². The third kappa shape index (κ3) is 1.65. The van der Waals surface area contributed by atoms with Crippen LogP contribution in [0, 0.1) is 0 Å². The Morgan fingerprint density at radius 3 is 3.21 bits per heavy atom. The number of aromatic nitrogens is 2. The SMILES string of the molecule is CN1C(=O)CN(Cc2ccnc3[nH]ccc23)[C@H]2C[C@H]21. The minimum absolute atomic E-state index is 0.234.